The third kappa shape index (κ3) is 2.46. The Bertz CT molecular complexity index is 661. The van der Waals surface area contributed by atoms with E-state index < -0.39 is 0 Å². The summed E-state index contributed by atoms with van der Waals surface area (Å²) in [5.41, 5.74) is 3.10. The highest BCUT2D eigenvalue weighted by atomic mass is 19.1. The Morgan fingerprint density at radius 1 is 1.25 bits per heavy atom. The number of hydrogen-bond acceptors (Lipinski definition) is 3. The van der Waals surface area contributed by atoms with Gasteiger partial charge in [0, 0.05) is 23.7 Å². The predicted octanol–water partition coefficient (Wildman–Crippen LogP) is 3.81. The Balaban J connectivity index is 1.91. The minimum absolute atomic E-state index is 0.172. The predicted molar refractivity (Wildman–Crippen MR) is 76.9 cm³/mol. The molecule has 0 N–H and O–H groups in total. The largest absolute Gasteiger partial charge is 0.250 e. The summed E-state index contributed by atoms with van der Waals surface area (Å²) in [5.74, 6) is -0.271. The summed E-state index contributed by atoms with van der Waals surface area (Å²) in [4.78, 5) is 12.2. The molecule has 1 aromatic heterocycles. The van der Waals surface area contributed by atoms with Crippen LogP contribution in [0.5, 0.6) is 0 Å². The van der Waals surface area contributed by atoms with E-state index in [-0.39, 0.29) is 11.2 Å². The standard InChI is InChI=1S/C16H16FN3/c1-11(12-8-18-10-19-9-12)20-15-4-3-13(7-14(15)17)16(2)5-6-16/h3-4,7-10H,5-6H2,1-2H3. The number of nitrogens with zero attached hydrogens (tertiary/aromatic N) is 3. The molecule has 3 nitrogen and oxygen atoms in total. The van der Waals surface area contributed by atoms with Gasteiger partial charge in [0.2, 0.25) is 0 Å². The lowest BCUT2D eigenvalue weighted by Crippen LogP contribution is -2.00. The number of benzene rings is 1. The van der Waals surface area contributed by atoms with Gasteiger partial charge in [-0.3, -0.25) is 0 Å². The van der Waals surface area contributed by atoms with Gasteiger partial charge in [-0.15, -0.1) is 0 Å². The summed E-state index contributed by atoms with van der Waals surface area (Å²) in [7, 11) is 0. The van der Waals surface area contributed by atoms with Crippen molar-refractivity contribution < 1.29 is 4.39 Å². The molecular weight excluding hydrogens is 253 g/mol. The normalized spacial score (nSPS) is 17.1. The van der Waals surface area contributed by atoms with Crippen molar-refractivity contribution in [1.82, 2.24) is 9.97 Å². The Hall–Kier alpha value is -2.10. The van der Waals surface area contributed by atoms with E-state index in [4.69, 9.17) is 0 Å². The monoisotopic (exact) mass is 269 g/mol. The first-order valence-electron chi connectivity index (χ1n) is 6.69. The van der Waals surface area contributed by atoms with E-state index in [1.165, 1.54) is 6.33 Å². The summed E-state index contributed by atoms with van der Waals surface area (Å²) in [6, 6.07) is 5.34. The van der Waals surface area contributed by atoms with Crippen molar-refractivity contribution >= 4 is 11.4 Å². The van der Waals surface area contributed by atoms with E-state index in [0.717, 1.165) is 24.0 Å². The van der Waals surface area contributed by atoms with Gasteiger partial charge < -0.3 is 0 Å². The molecule has 1 fully saturated rings. The zero-order valence-corrected chi connectivity index (χ0v) is 11.6. The summed E-state index contributed by atoms with van der Waals surface area (Å²) >= 11 is 0. The number of rotatable bonds is 3. The van der Waals surface area contributed by atoms with Gasteiger partial charge in [0.1, 0.15) is 12.1 Å². The second-order valence-corrected chi connectivity index (χ2v) is 5.55. The van der Waals surface area contributed by atoms with Gasteiger partial charge >= 0.3 is 0 Å². The van der Waals surface area contributed by atoms with Crippen molar-refractivity contribution in [2.75, 3.05) is 0 Å². The second kappa shape index (κ2) is 4.78. The third-order valence-electron chi connectivity index (χ3n) is 3.91. The van der Waals surface area contributed by atoms with Crippen molar-refractivity contribution in [3.05, 3.63) is 53.9 Å². The average Bonchev–Trinajstić information content (AvgIpc) is 3.21. The van der Waals surface area contributed by atoms with Gasteiger partial charge in [0.05, 0.1) is 5.69 Å². The number of aromatic nitrogens is 2. The molecule has 1 heterocycles. The Kier molecular flexibility index (Phi) is 3.08. The molecule has 1 aliphatic carbocycles. The molecule has 0 atom stereocenters. The summed E-state index contributed by atoms with van der Waals surface area (Å²) in [6.45, 7) is 3.99. The van der Waals surface area contributed by atoms with Gasteiger partial charge in [-0.1, -0.05) is 13.0 Å². The van der Waals surface area contributed by atoms with Gasteiger partial charge in [-0.25, -0.2) is 19.4 Å². The lowest BCUT2D eigenvalue weighted by atomic mass is 9.98. The molecule has 0 radical (unpaired) electrons. The molecular formula is C16H16FN3. The summed E-state index contributed by atoms with van der Waals surface area (Å²) < 4.78 is 14.1. The quantitative estimate of drug-likeness (QED) is 0.795. The van der Waals surface area contributed by atoms with E-state index in [0.29, 0.717) is 11.4 Å². The molecule has 0 bridgehead atoms. The molecule has 1 aromatic carbocycles. The van der Waals surface area contributed by atoms with Crippen LogP contribution in [0.15, 0.2) is 41.9 Å². The van der Waals surface area contributed by atoms with Crippen LogP contribution in [0.1, 0.15) is 37.8 Å². The lowest BCUT2D eigenvalue weighted by molar-refractivity contribution is 0.623. The first-order chi connectivity index (χ1) is 9.58. The number of hydrogen-bond donors (Lipinski definition) is 0. The zero-order chi connectivity index (χ0) is 14.2. The molecule has 0 unspecified atom stereocenters. The van der Waals surface area contributed by atoms with Crippen LogP contribution in [0.4, 0.5) is 10.1 Å². The van der Waals surface area contributed by atoms with Crippen LogP contribution in [0.25, 0.3) is 0 Å². The maximum absolute atomic E-state index is 14.1. The van der Waals surface area contributed by atoms with Gasteiger partial charge in [0.25, 0.3) is 0 Å². The highest BCUT2D eigenvalue weighted by Gasteiger charge is 2.39. The molecule has 0 saturated heterocycles. The van der Waals surface area contributed by atoms with Crippen molar-refractivity contribution in [3.8, 4) is 0 Å². The Labute approximate surface area is 117 Å². The van der Waals surface area contributed by atoms with Crippen molar-refractivity contribution in [1.29, 1.82) is 0 Å². The second-order valence-electron chi connectivity index (χ2n) is 5.55. The minimum atomic E-state index is -0.271. The van der Waals surface area contributed by atoms with Crippen LogP contribution in [-0.2, 0) is 5.41 Å². The van der Waals surface area contributed by atoms with Crippen LogP contribution in [-0.4, -0.2) is 15.7 Å². The first kappa shape index (κ1) is 12.9. The minimum Gasteiger partial charge on any atom is -0.250 e. The Morgan fingerprint density at radius 3 is 2.55 bits per heavy atom. The molecule has 1 aliphatic rings. The molecule has 2 aromatic rings. The molecule has 4 heteroatoms. The van der Waals surface area contributed by atoms with E-state index in [9.17, 15) is 4.39 Å². The topological polar surface area (TPSA) is 38.1 Å². The van der Waals surface area contributed by atoms with Crippen LogP contribution >= 0.6 is 0 Å². The summed E-state index contributed by atoms with van der Waals surface area (Å²) in [6.07, 6.45) is 7.07. The fraction of sp³-hybridized carbons (Fsp3) is 0.312. The zero-order valence-electron chi connectivity index (χ0n) is 11.6. The SMILES string of the molecule is CC(=Nc1ccc(C2(C)CC2)cc1F)c1cncnc1. The van der Waals surface area contributed by atoms with Crippen molar-refractivity contribution in [3.63, 3.8) is 0 Å². The van der Waals surface area contributed by atoms with Crippen LogP contribution < -0.4 is 0 Å². The van der Waals surface area contributed by atoms with Crippen molar-refractivity contribution in [2.24, 2.45) is 4.99 Å². The van der Waals surface area contributed by atoms with E-state index >= 15 is 0 Å². The highest BCUT2D eigenvalue weighted by Crippen LogP contribution is 2.48. The lowest BCUT2D eigenvalue weighted by Gasteiger charge is -2.09. The number of aliphatic imine (C=N–C) groups is 1. The molecule has 0 aliphatic heterocycles. The smallest absolute Gasteiger partial charge is 0.149 e. The van der Waals surface area contributed by atoms with Crippen LogP contribution in [0.3, 0.4) is 0 Å². The van der Waals surface area contributed by atoms with Crippen molar-refractivity contribution in [2.45, 2.75) is 32.1 Å². The van der Waals surface area contributed by atoms with Crippen LogP contribution in [0.2, 0.25) is 0 Å². The molecule has 3 rings (SSSR count). The van der Waals surface area contributed by atoms with Gasteiger partial charge in [-0.05, 0) is 42.9 Å². The van der Waals surface area contributed by atoms with Gasteiger partial charge in [-0.2, -0.15) is 0 Å². The fourth-order valence-corrected chi connectivity index (χ4v) is 2.18. The fourth-order valence-electron chi connectivity index (χ4n) is 2.18. The van der Waals surface area contributed by atoms with E-state index in [1.54, 1.807) is 24.5 Å². The average molecular weight is 269 g/mol. The molecule has 20 heavy (non-hydrogen) atoms. The van der Waals surface area contributed by atoms with E-state index in [1.807, 2.05) is 13.0 Å². The Morgan fingerprint density at radius 2 is 1.95 bits per heavy atom. The van der Waals surface area contributed by atoms with Gasteiger partial charge in [0.15, 0.2) is 0 Å². The molecule has 102 valence electrons. The van der Waals surface area contributed by atoms with Crippen LogP contribution in [0, 0.1) is 5.82 Å². The maximum Gasteiger partial charge on any atom is 0.149 e. The molecule has 1 saturated carbocycles. The maximum atomic E-state index is 14.1. The summed E-state index contributed by atoms with van der Waals surface area (Å²) in [5, 5.41) is 0. The third-order valence-corrected chi connectivity index (χ3v) is 3.91. The highest BCUT2D eigenvalue weighted by molar-refractivity contribution is 5.99. The first-order valence-corrected chi connectivity index (χ1v) is 6.69. The number of halogens is 1. The van der Waals surface area contributed by atoms with E-state index in [2.05, 4.69) is 21.9 Å². The molecule has 0 spiro atoms. The molecule has 0 amide bonds.